The Morgan fingerprint density at radius 1 is 1.08 bits per heavy atom. The van der Waals surface area contributed by atoms with Crippen molar-refractivity contribution in [1.29, 1.82) is 0 Å². The number of rotatable bonds is 4. The normalized spacial score (nSPS) is 14.4. The smallest absolute Gasteiger partial charge is 0.256 e. The van der Waals surface area contributed by atoms with Crippen LogP contribution in [0.25, 0.3) is 6.08 Å². The van der Waals surface area contributed by atoms with E-state index in [1.54, 1.807) is 35.2 Å². The van der Waals surface area contributed by atoms with E-state index in [4.69, 9.17) is 4.74 Å². The van der Waals surface area contributed by atoms with Gasteiger partial charge in [0.25, 0.3) is 5.91 Å². The van der Waals surface area contributed by atoms with Gasteiger partial charge in [0.2, 0.25) is 5.91 Å². The van der Waals surface area contributed by atoms with Crippen LogP contribution in [0.15, 0.2) is 54.6 Å². The Labute approximate surface area is 153 Å². The van der Waals surface area contributed by atoms with Crippen LogP contribution in [0.2, 0.25) is 0 Å². The molecule has 0 saturated carbocycles. The van der Waals surface area contributed by atoms with Crippen LogP contribution in [0.3, 0.4) is 0 Å². The van der Waals surface area contributed by atoms with E-state index in [2.05, 4.69) is 5.32 Å². The van der Waals surface area contributed by atoms with E-state index in [1.807, 2.05) is 31.2 Å². The molecule has 5 heteroatoms. The summed E-state index contributed by atoms with van der Waals surface area (Å²) >= 11 is 0. The fraction of sp³-hybridized carbons (Fsp3) is 0.238. The third kappa shape index (κ3) is 4.58. The largest absolute Gasteiger partial charge is 0.378 e. The van der Waals surface area contributed by atoms with E-state index in [-0.39, 0.29) is 11.8 Å². The summed E-state index contributed by atoms with van der Waals surface area (Å²) in [6, 6.07) is 15.0. The van der Waals surface area contributed by atoms with Gasteiger partial charge in [0.15, 0.2) is 0 Å². The van der Waals surface area contributed by atoms with Crippen LogP contribution in [0, 0.1) is 6.92 Å². The molecule has 3 rings (SSSR count). The number of nitrogens with one attached hydrogen (secondary N) is 1. The number of morpholine rings is 1. The number of ether oxygens (including phenoxy) is 1. The SMILES string of the molecule is Cc1cccc(/C=C/C(=O)Nc2ccccc2C(=O)N2CCOCC2)c1. The van der Waals surface area contributed by atoms with Gasteiger partial charge in [0, 0.05) is 19.2 Å². The number of aryl methyl sites for hydroxylation is 1. The molecule has 2 amide bonds. The lowest BCUT2D eigenvalue weighted by molar-refractivity contribution is -0.111. The molecule has 134 valence electrons. The number of nitrogens with zero attached hydrogens (tertiary/aromatic N) is 1. The molecule has 2 aromatic rings. The Balaban J connectivity index is 1.71. The third-order valence-corrected chi connectivity index (χ3v) is 4.18. The quantitative estimate of drug-likeness (QED) is 0.862. The molecule has 26 heavy (non-hydrogen) atoms. The second kappa shape index (κ2) is 8.45. The minimum Gasteiger partial charge on any atom is -0.378 e. The zero-order chi connectivity index (χ0) is 18.4. The van der Waals surface area contributed by atoms with Crippen molar-refractivity contribution in [1.82, 2.24) is 4.90 Å². The first kappa shape index (κ1) is 17.9. The fourth-order valence-electron chi connectivity index (χ4n) is 2.84. The van der Waals surface area contributed by atoms with Crippen molar-refractivity contribution >= 4 is 23.6 Å². The van der Waals surface area contributed by atoms with Gasteiger partial charge < -0.3 is 15.0 Å². The van der Waals surface area contributed by atoms with Crippen molar-refractivity contribution in [2.24, 2.45) is 0 Å². The molecule has 1 aliphatic heterocycles. The molecule has 1 aliphatic rings. The van der Waals surface area contributed by atoms with Crippen LogP contribution >= 0.6 is 0 Å². The Morgan fingerprint density at radius 2 is 1.85 bits per heavy atom. The molecule has 5 nitrogen and oxygen atoms in total. The highest BCUT2D eigenvalue weighted by Crippen LogP contribution is 2.18. The van der Waals surface area contributed by atoms with Gasteiger partial charge in [0.05, 0.1) is 24.5 Å². The first-order chi connectivity index (χ1) is 12.6. The number of hydrogen-bond donors (Lipinski definition) is 1. The summed E-state index contributed by atoms with van der Waals surface area (Å²) in [7, 11) is 0. The lowest BCUT2D eigenvalue weighted by Gasteiger charge is -2.27. The lowest BCUT2D eigenvalue weighted by atomic mass is 10.1. The standard InChI is InChI=1S/C21H22N2O3/c1-16-5-4-6-17(15-16)9-10-20(24)22-19-8-3-2-7-18(19)21(25)23-11-13-26-14-12-23/h2-10,15H,11-14H2,1H3,(H,22,24)/b10-9+. The lowest BCUT2D eigenvalue weighted by Crippen LogP contribution is -2.41. The van der Waals surface area contributed by atoms with Crippen LogP contribution in [0.1, 0.15) is 21.5 Å². The average molecular weight is 350 g/mol. The number of benzene rings is 2. The van der Waals surface area contributed by atoms with Crippen LogP contribution < -0.4 is 5.32 Å². The highest BCUT2D eigenvalue weighted by atomic mass is 16.5. The summed E-state index contributed by atoms with van der Waals surface area (Å²) in [5, 5.41) is 2.81. The summed E-state index contributed by atoms with van der Waals surface area (Å²) in [5.41, 5.74) is 3.10. The minimum atomic E-state index is -0.270. The Morgan fingerprint density at radius 3 is 2.62 bits per heavy atom. The highest BCUT2D eigenvalue weighted by molar-refractivity contribution is 6.07. The number of carbonyl (C=O) groups is 2. The predicted molar refractivity (Wildman–Crippen MR) is 102 cm³/mol. The molecule has 0 aromatic heterocycles. The molecule has 2 aromatic carbocycles. The topological polar surface area (TPSA) is 58.6 Å². The molecular formula is C21H22N2O3. The molecule has 1 heterocycles. The van der Waals surface area contributed by atoms with E-state index in [1.165, 1.54) is 6.08 Å². The van der Waals surface area contributed by atoms with Crippen LogP contribution in [0.5, 0.6) is 0 Å². The third-order valence-electron chi connectivity index (χ3n) is 4.18. The van der Waals surface area contributed by atoms with Gasteiger partial charge in [-0.05, 0) is 30.7 Å². The predicted octanol–water partition coefficient (Wildman–Crippen LogP) is 3.12. The van der Waals surface area contributed by atoms with E-state index >= 15 is 0 Å². The number of anilines is 1. The second-order valence-corrected chi connectivity index (χ2v) is 6.19. The Bertz CT molecular complexity index is 824. The van der Waals surface area contributed by atoms with Crippen molar-refractivity contribution in [3.05, 3.63) is 71.3 Å². The number of amides is 2. The molecule has 1 fully saturated rings. The molecule has 0 aliphatic carbocycles. The van der Waals surface area contributed by atoms with Crippen LogP contribution in [0.4, 0.5) is 5.69 Å². The van der Waals surface area contributed by atoms with Gasteiger partial charge in [-0.2, -0.15) is 0 Å². The first-order valence-corrected chi connectivity index (χ1v) is 8.65. The Hall–Kier alpha value is -2.92. The minimum absolute atomic E-state index is 0.0909. The fourth-order valence-corrected chi connectivity index (χ4v) is 2.84. The van der Waals surface area contributed by atoms with Crippen molar-refractivity contribution in [3.8, 4) is 0 Å². The molecule has 1 saturated heterocycles. The zero-order valence-electron chi connectivity index (χ0n) is 14.8. The first-order valence-electron chi connectivity index (χ1n) is 8.65. The number of para-hydroxylation sites is 1. The maximum atomic E-state index is 12.7. The van der Waals surface area contributed by atoms with Crippen molar-refractivity contribution in [2.75, 3.05) is 31.6 Å². The van der Waals surface area contributed by atoms with Gasteiger partial charge in [0.1, 0.15) is 0 Å². The summed E-state index contributed by atoms with van der Waals surface area (Å²) in [6.07, 6.45) is 3.24. The molecule has 0 radical (unpaired) electrons. The highest BCUT2D eigenvalue weighted by Gasteiger charge is 2.21. The van der Waals surface area contributed by atoms with Crippen LogP contribution in [-0.2, 0) is 9.53 Å². The number of hydrogen-bond acceptors (Lipinski definition) is 3. The molecule has 0 atom stereocenters. The Kier molecular flexibility index (Phi) is 5.81. The maximum absolute atomic E-state index is 12.7. The monoisotopic (exact) mass is 350 g/mol. The van der Waals surface area contributed by atoms with Crippen molar-refractivity contribution in [3.63, 3.8) is 0 Å². The molecule has 0 unspecified atom stereocenters. The van der Waals surface area contributed by atoms with Crippen LogP contribution in [-0.4, -0.2) is 43.0 Å². The zero-order valence-corrected chi connectivity index (χ0v) is 14.8. The van der Waals surface area contributed by atoms with Gasteiger partial charge in [-0.25, -0.2) is 0 Å². The summed E-state index contributed by atoms with van der Waals surface area (Å²) in [6.45, 7) is 4.21. The second-order valence-electron chi connectivity index (χ2n) is 6.19. The molecular weight excluding hydrogens is 328 g/mol. The molecule has 0 spiro atoms. The maximum Gasteiger partial charge on any atom is 0.256 e. The van der Waals surface area contributed by atoms with Gasteiger partial charge >= 0.3 is 0 Å². The van der Waals surface area contributed by atoms with E-state index in [0.29, 0.717) is 37.6 Å². The average Bonchev–Trinajstić information content (AvgIpc) is 2.67. The summed E-state index contributed by atoms with van der Waals surface area (Å²) in [5.74, 6) is -0.361. The van der Waals surface area contributed by atoms with E-state index < -0.39 is 0 Å². The van der Waals surface area contributed by atoms with E-state index in [0.717, 1.165) is 11.1 Å². The van der Waals surface area contributed by atoms with Gasteiger partial charge in [-0.3, -0.25) is 9.59 Å². The number of carbonyl (C=O) groups excluding carboxylic acids is 2. The summed E-state index contributed by atoms with van der Waals surface area (Å²) in [4.78, 5) is 26.7. The van der Waals surface area contributed by atoms with Gasteiger partial charge in [-0.1, -0.05) is 42.0 Å². The summed E-state index contributed by atoms with van der Waals surface area (Å²) < 4.78 is 5.29. The van der Waals surface area contributed by atoms with Gasteiger partial charge in [-0.15, -0.1) is 0 Å². The van der Waals surface area contributed by atoms with E-state index in [9.17, 15) is 9.59 Å². The molecule has 0 bridgehead atoms. The van der Waals surface area contributed by atoms with Crippen molar-refractivity contribution < 1.29 is 14.3 Å². The van der Waals surface area contributed by atoms with Crippen molar-refractivity contribution in [2.45, 2.75) is 6.92 Å². The molecule has 1 N–H and O–H groups in total.